The van der Waals surface area contributed by atoms with Crippen LogP contribution in [-0.2, 0) is 13.2 Å². The van der Waals surface area contributed by atoms with Crippen molar-refractivity contribution in [1.82, 2.24) is 10.3 Å². The second-order valence-electron chi connectivity index (χ2n) is 6.95. The van der Waals surface area contributed by atoms with Gasteiger partial charge in [-0.25, -0.2) is 0 Å². The second kappa shape index (κ2) is 8.19. The standard InChI is InChI=1S/C24H22N2O3/c1-16-7-5-11-21-17(2)23(29-22(16)21)24(27)26-14-18-8-6-10-20(13-18)28-15-19-9-3-4-12-25-19/h3-13H,14-15H2,1-2H3,(H,26,27). The molecule has 4 aromatic rings. The third-order valence-electron chi connectivity index (χ3n) is 4.83. The highest BCUT2D eigenvalue weighted by atomic mass is 16.5. The lowest BCUT2D eigenvalue weighted by atomic mass is 10.1. The normalized spacial score (nSPS) is 10.8. The third kappa shape index (κ3) is 4.14. The highest BCUT2D eigenvalue weighted by molar-refractivity contribution is 5.99. The number of amides is 1. The molecule has 4 rings (SSSR count). The maximum atomic E-state index is 12.7. The van der Waals surface area contributed by atoms with E-state index < -0.39 is 0 Å². The van der Waals surface area contributed by atoms with Crippen molar-refractivity contribution in [3.8, 4) is 5.75 Å². The van der Waals surface area contributed by atoms with Gasteiger partial charge in [0.2, 0.25) is 0 Å². The van der Waals surface area contributed by atoms with Crippen molar-refractivity contribution in [3.63, 3.8) is 0 Å². The summed E-state index contributed by atoms with van der Waals surface area (Å²) in [6, 6.07) is 19.3. The first-order valence-electron chi connectivity index (χ1n) is 9.50. The van der Waals surface area contributed by atoms with Gasteiger partial charge in [-0.3, -0.25) is 9.78 Å². The summed E-state index contributed by atoms with van der Waals surface area (Å²) in [5, 5.41) is 3.91. The van der Waals surface area contributed by atoms with E-state index in [-0.39, 0.29) is 5.91 Å². The number of para-hydroxylation sites is 1. The number of carbonyl (C=O) groups is 1. The van der Waals surface area contributed by atoms with Crippen LogP contribution in [0.15, 0.2) is 71.3 Å². The minimum atomic E-state index is -0.224. The quantitative estimate of drug-likeness (QED) is 0.509. The van der Waals surface area contributed by atoms with Crippen LogP contribution in [-0.4, -0.2) is 10.9 Å². The summed E-state index contributed by atoms with van der Waals surface area (Å²) in [4.78, 5) is 16.9. The van der Waals surface area contributed by atoms with Crippen LogP contribution in [0.25, 0.3) is 11.0 Å². The number of nitrogens with zero attached hydrogens (tertiary/aromatic N) is 1. The molecule has 1 amide bonds. The molecule has 0 unspecified atom stereocenters. The maximum Gasteiger partial charge on any atom is 0.287 e. The number of carbonyl (C=O) groups excluding carboxylic acids is 1. The maximum absolute atomic E-state index is 12.7. The van der Waals surface area contributed by atoms with Gasteiger partial charge in [0.25, 0.3) is 5.91 Å². The molecule has 0 fully saturated rings. The summed E-state index contributed by atoms with van der Waals surface area (Å²) in [5.41, 5.74) is 4.44. The molecule has 2 heterocycles. The molecule has 1 N–H and O–H groups in total. The van der Waals surface area contributed by atoms with Gasteiger partial charge in [-0.1, -0.05) is 36.4 Å². The van der Waals surface area contributed by atoms with Crippen molar-refractivity contribution in [2.75, 3.05) is 0 Å². The fourth-order valence-corrected chi connectivity index (χ4v) is 3.25. The first-order chi connectivity index (χ1) is 14.1. The molecular weight excluding hydrogens is 364 g/mol. The summed E-state index contributed by atoms with van der Waals surface area (Å²) in [6.07, 6.45) is 1.74. The van der Waals surface area contributed by atoms with E-state index in [4.69, 9.17) is 9.15 Å². The average molecular weight is 386 g/mol. The predicted molar refractivity (Wildman–Crippen MR) is 112 cm³/mol. The van der Waals surface area contributed by atoms with Crippen molar-refractivity contribution in [3.05, 3.63) is 95.0 Å². The highest BCUT2D eigenvalue weighted by Gasteiger charge is 2.18. The number of aromatic nitrogens is 1. The molecule has 146 valence electrons. The number of hydrogen-bond donors (Lipinski definition) is 1. The predicted octanol–water partition coefficient (Wildman–Crippen LogP) is 4.95. The number of furan rings is 1. The summed E-state index contributed by atoms with van der Waals surface area (Å²) >= 11 is 0. The average Bonchev–Trinajstić information content (AvgIpc) is 3.10. The van der Waals surface area contributed by atoms with Gasteiger partial charge in [0.15, 0.2) is 5.76 Å². The number of nitrogens with one attached hydrogen (secondary N) is 1. The molecule has 0 aliphatic carbocycles. The van der Waals surface area contributed by atoms with Crippen LogP contribution in [0.2, 0.25) is 0 Å². The number of fused-ring (bicyclic) bond motifs is 1. The van der Waals surface area contributed by atoms with E-state index in [0.717, 1.165) is 39.1 Å². The van der Waals surface area contributed by atoms with E-state index in [2.05, 4.69) is 10.3 Å². The Morgan fingerprint density at radius 2 is 1.93 bits per heavy atom. The van der Waals surface area contributed by atoms with Crippen LogP contribution in [0, 0.1) is 13.8 Å². The van der Waals surface area contributed by atoms with Crippen LogP contribution >= 0.6 is 0 Å². The molecular formula is C24H22N2O3. The highest BCUT2D eigenvalue weighted by Crippen LogP contribution is 2.27. The Morgan fingerprint density at radius 3 is 2.72 bits per heavy atom. The molecule has 0 aliphatic heterocycles. The van der Waals surface area contributed by atoms with Crippen LogP contribution in [0.4, 0.5) is 0 Å². The van der Waals surface area contributed by atoms with Gasteiger partial charge in [0.1, 0.15) is 17.9 Å². The zero-order valence-electron chi connectivity index (χ0n) is 16.4. The Morgan fingerprint density at radius 1 is 1.07 bits per heavy atom. The monoisotopic (exact) mass is 386 g/mol. The largest absolute Gasteiger partial charge is 0.487 e. The van der Waals surface area contributed by atoms with Gasteiger partial charge in [0, 0.05) is 23.7 Å². The number of hydrogen-bond acceptors (Lipinski definition) is 4. The van der Waals surface area contributed by atoms with Crippen molar-refractivity contribution in [2.45, 2.75) is 27.0 Å². The minimum Gasteiger partial charge on any atom is -0.487 e. The number of benzene rings is 2. The van der Waals surface area contributed by atoms with Gasteiger partial charge in [0.05, 0.1) is 5.69 Å². The zero-order chi connectivity index (χ0) is 20.2. The van der Waals surface area contributed by atoms with Crippen molar-refractivity contribution in [1.29, 1.82) is 0 Å². The molecule has 0 aliphatic rings. The molecule has 0 spiro atoms. The van der Waals surface area contributed by atoms with Gasteiger partial charge >= 0.3 is 0 Å². The Balaban J connectivity index is 1.42. The summed E-state index contributed by atoms with van der Waals surface area (Å²) < 4.78 is 11.7. The van der Waals surface area contributed by atoms with E-state index in [1.54, 1.807) is 6.20 Å². The van der Waals surface area contributed by atoms with E-state index >= 15 is 0 Å². The molecule has 0 radical (unpaired) electrons. The first kappa shape index (κ1) is 18.7. The second-order valence-corrected chi connectivity index (χ2v) is 6.95. The lowest BCUT2D eigenvalue weighted by molar-refractivity contribution is 0.0924. The topological polar surface area (TPSA) is 64.4 Å². The zero-order valence-corrected chi connectivity index (χ0v) is 16.4. The Hall–Kier alpha value is -3.60. The number of aryl methyl sites for hydroxylation is 2. The Labute approximate surface area is 169 Å². The van der Waals surface area contributed by atoms with E-state index in [0.29, 0.717) is 18.9 Å². The number of rotatable bonds is 6. The van der Waals surface area contributed by atoms with Crippen LogP contribution in [0.5, 0.6) is 5.75 Å². The molecule has 5 heteroatoms. The lowest BCUT2D eigenvalue weighted by Crippen LogP contribution is -2.23. The van der Waals surface area contributed by atoms with Gasteiger partial charge in [-0.05, 0) is 49.2 Å². The molecule has 29 heavy (non-hydrogen) atoms. The molecule has 0 saturated heterocycles. The molecule has 0 saturated carbocycles. The van der Waals surface area contributed by atoms with E-state index in [9.17, 15) is 4.79 Å². The van der Waals surface area contributed by atoms with E-state index in [1.807, 2.05) is 74.5 Å². The molecule has 2 aromatic carbocycles. The minimum absolute atomic E-state index is 0.224. The van der Waals surface area contributed by atoms with Crippen LogP contribution in [0.3, 0.4) is 0 Å². The first-order valence-corrected chi connectivity index (χ1v) is 9.50. The summed E-state index contributed by atoms with van der Waals surface area (Å²) in [7, 11) is 0. The number of pyridine rings is 1. The fraction of sp³-hybridized carbons (Fsp3) is 0.167. The SMILES string of the molecule is Cc1c(C(=O)NCc2cccc(OCc3ccccn3)c2)oc2c(C)cccc12. The van der Waals surface area contributed by atoms with Crippen molar-refractivity contribution < 1.29 is 13.9 Å². The van der Waals surface area contributed by atoms with E-state index in [1.165, 1.54) is 0 Å². The fourth-order valence-electron chi connectivity index (χ4n) is 3.25. The van der Waals surface area contributed by atoms with Gasteiger partial charge < -0.3 is 14.5 Å². The molecule has 5 nitrogen and oxygen atoms in total. The smallest absolute Gasteiger partial charge is 0.287 e. The van der Waals surface area contributed by atoms with Crippen LogP contribution in [0.1, 0.15) is 32.9 Å². The molecule has 0 atom stereocenters. The van der Waals surface area contributed by atoms with Crippen LogP contribution < -0.4 is 10.1 Å². The Kier molecular flexibility index (Phi) is 5.29. The molecule has 0 bridgehead atoms. The van der Waals surface area contributed by atoms with Crippen molar-refractivity contribution in [2.24, 2.45) is 0 Å². The summed E-state index contributed by atoms with van der Waals surface area (Å²) in [6.45, 7) is 4.67. The number of ether oxygens (including phenoxy) is 1. The third-order valence-corrected chi connectivity index (χ3v) is 4.83. The summed E-state index contributed by atoms with van der Waals surface area (Å²) in [5.74, 6) is 0.868. The van der Waals surface area contributed by atoms with Gasteiger partial charge in [-0.2, -0.15) is 0 Å². The van der Waals surface area contributed by atoms with Gasteiger partial charge in [-0.15, -0.1) is 0 Å². The molecule has 2 aromatic heterocycles. The Bertz CT molecular complexity index is 1150. The lowest BCUT2D eigenvalue weighted by Gasteiger charge is -2.08. The van der Waals surface area contributed by atoms with Crippen molar-refractivity contribution >= 4 is 16.9 Å².